The van der Waals surface area contributed by atoms with Gasteiger partial charge in [0.05, 0.1) is 11.6 Å². The molecule has 11 heavy (non-hydrogen) atoms. The SMILES string of the molecule is C=Cc1ccc(C)c(C#N)c1. The lowest BCUT2D eigenvalue weighted by molar-refractivity contribution is 1.39. The van der Waals surface area contributed by atoms with Crippen LogP contribution in [0.15, 0.2) is 24.8 Å². The van der Waals surface area contributed by atoms with E-state index in [4.69, 9.17) is 5.26 Å². The standard InChI is InChI=1S/C10H9N/c1-3-9-5-4-8(2)10(6-9)7-11/h3-6H,1H2,2H3. The first-order valence-corrected chi connectivity index (χ1v) is 3.41. The lowest BCUT2D eigenvalue weighted by atomic mass is 10.1. The number of hydrogen-bond acceptors (Lipinski definition) is 1. The molecular weight excluding hydrogens is 134 g/mol. The van der Waals surface area contributed by atoms with Gasteiger partial charge >= 0.3 is 0 Å². The highest BCUT2D eigenvalue weighted by Crippen LogP contribution is 2.10. The van der Waals surface area contributed by atoms with E-state index in [2.05, 4.69) is 12.6 Å². The molecule has 0 unspecified atom stereocenters. The molecule has 1 rings (SSSR count). The van der Waals surface area contributed by atoms with Crippen LogP contribution in [0.5, 0.6) is 0 Å². The molecule has 0 radical (unpaired) electrons. The maximum atomic E-state index is 8.65. The summed E-state index contributed by atoms with van der Waals surface area (Å²) >= 11 is 0. The third-order valence-corrected chi connectivity index (χ3v) is 1.62. The van der Waals surface area contributed by atoms with Crippen molar-refractivity contribution in [2.75, 3.05) is 0 Å². The molecule has 0 aromatic heterocycles. The molecule has 0 saturated heterocycles. The van der Waals surface area contributed by atoms with Gasteiger partial charge in [0.25, 0.3) is 0 Å². The molecule has 0 N–H and O–H groups in total. The average Bonchev–Trinajstić information content (AvgIpc) is 2.05. The molecule has 1 nitrogen and oxygen atoms in total. The Labute approximate surface area is 66.6 Å². The summed E-state index contributed by atoms with van der Waals surface area (Å²) in [6.45, 7) is 5.55. The molecule has 0 aliphatic rings. The second-order valence-electron chi connectivity index (χ2n) is 2.39. The molecular formula is C10H9N. The van der Waals surface area contributed by atoms with Crippen LogP contribution >= 0.6 is 0 Å². The van der Waals surface area contributed by atoms with Gasteiger partial charge < -0.3 is 0 Å². The van der Waals surface area contributed by atoms with Crippen molar-refractivity contribution in [2.24, 2.45) is 0 Å². The predicted molar refractivity (Wildman–Crippen MR) is 46.0 cm³/mol. The molecule has 0 aliphatic carbocycles. The molecule has 0 fully saturated rings. The lowest BCUT2D eigenvalue weighted by Crippen LogP contribution is -1.82. The van der Waals surface area contributed by atoms with Gasteiger partial charge in [0.1, 0.15) is 0 Å². The number of aryl methyl sites for hydroxylation is 1. The molecule has 0 saturated carbocycles. The molecule has 0 spiro atoms. The van der Waals surface area contributed by atoms with E-state index in [-0.39, 0.29) is 0 Å². The second kappa shape index (κ2) is 3.03. The molecule has 1 heteroatoms. The summed E-state index contributed by atoms with van der Waals surface area (Å²) in [6, 6.07) is 7.83. The van der Waals surface area contributed by atoms with Crippen molar-refractivity contribution in [2.45, 2.75) is 6.92 Å². The Balaban J connectivity index is 3.25. The molecule has 1 aromatic rings. The summed E-state index contributed by atoms with van der Waals surface area (Å²) in [5.41, 5.74) is 2.73. The normalized spacial score (nSPS) is 8.73. The topological polar surface area (TPSA) is 23.8 Å². The van der Waals surface area contributed by atoms with Crippen LogP contribution in [0, 0.1) is 18.3 Å². The van der Waals surface area contributed by atoms with Gasteiger partial charge in [-0.2, -0.15) is 5.26 Å². The van der Waals surface area contributed by atoms with Crippen molar-refractivity contribution >= 4 is 6.08 Å². The Morgan fingerprint density at radius 2 is 2.27 bits per heavy atom. The fraction of sp³-hybridized carbons (Fsp3) is 0.100. The van der Waals surface area contributed by atoms with Gasteiger partial charge in [0, 0.05) is 0 Å². The highest BCUT2D eigenvalue weighted by Gasteiger charge is 1.95. The lowest BCUT2D eigenvalue weighted by Gasteiger charge is -1.97. The van der Waals surface area contributed by atoms with Crippen LogP contribution in [0.1, 0.15) is 16.7 Å². The highest BCUT2D eigenvalue weighted by molar-refractivity contribution is 5.52. The maximum absolute atomic E-state index is 8.65. The Morgan fingerprint density at radius 1 is 1.55 bits per heavy atom. The van der Waals surface area contributed by atoms with Crippen LogP contribution in [-0.2, 0) is 0 Å². The zero-order valence-corrected chi connectivity index (χ0v) is 6.46. The number of rotatable bonds is 1. The van der Waals surface area contributed by atoms with Crippen molar-refractivity contribution in [1.29, 1.82) is 5.26 Å². The number of nitriles is 1. The zero-order valence-electron chi connectivity index (χ0n) is 6.46. The Morgan fingerprint density at radius 3 is 2.82 bits per heavy atom. The van der Waals surface area contributed by atoms with Gasteiger partial charge in [-0.1, -0.05) is 24.8 Å². The molecule has 0 amide bonds. The van der Waals surface area contributed by atoms with Gasteiger partial charge in [-0.05, 0) is 24.1 Å². The Kier molecular flexibility index (Phi) is 2.08. The first-order chi connectivity index (χ1) is 5.27. The van der Waals surface area contributed by atoms with Crippen molar-refractivity contribution < 1.29 is 0 Å². The van der Waals surface area contributed by atoms with Gasteiger partial charge in [0.2, 0.25) is 0 Å². The van der Waals surface area contributed by atoms with Crippen LogP contribution in [0.2, 0.25) is 0 Å². The van der Waals surface area contributed by atoms with Crippen LogP contribution in [0.4, 0.5) is 0 Å². The van der Waals surface area contributed by atoms with Gasteiger partial charge in [-0.25, -0.2) is 0 Å². The summed E-state index contributed by atoms with van der Waals surface area (Å²) in [4.78, 5) is 0. The van der Waals surface area contributed by atoms with Crippen molar-refractivity contribution in [3.05, 3.63) is 41.5 Å². The Hall–Kier alpha value is -1.55. The number of benzene rings is 1. The molecule has 1 aromatic carbocycles. The highest BCUT2D eigenvalue weighted by atomic mass is 14.2. The van der Waals surface area contributed by atoms with Gasteiger partial charge in [-0.3, -0.25) is 0 Å². The van der Waals surface area contributed by atoms with E-state index in [0.29, 0.717) is 0 Å². The van der Waals surface area contributed by atoms with Gasteiger partial charge in [-0.15, -0.1) is 0 Å². The van der Waals surface area contributed by atoms with Crippen LogP contribution in [0.25, 0.3) is 6.08 Å². The summed E-state index contributed by atoms with van der Waals surface area (Å²) < 4.78 is 0. The zero-order chi connectivity index (χ0) is 8.27. The third kappa shape index (κ3) is 1.47. The summed E-state index contributed by atoms with van der Waals surface area (Å²) in [7, 11) is 0. The van der Waals surface area contributed by atoms with E-state index in [1.54, 1.807) is 6.08 Å². The molecule has 0 atom stereocenters. The fourth-order valence-corrected chi connectivity index (χ4v) is 0.887. The largest absolute Gasteiger partial charge is 0.192 e. The van der Waals surface area contributed by atoms with E-state index in [1.807, 2.05) is 25.1 Å². The quantitative estimate of drug-likeness (QED) is 0.592. The Bertz CT molecular complexity index is 318. The number of nitrogens with zero attached hydrogens (tertiary/aromatic N) is 1. The summed E-state index contributed by atoms with van der Waals surface area (Å²) in [6.07, 6.45) is 1.74. The van der Waals surface area contributed by atoms with E-state index in [9.17, 15) is 0 Å². The smallest absolute Gasteiger partial charge is 0.0994 e. The van der Waals surface area contributed by atoms with Crippen molar-refractivity contribution in [3.63, 3.8) is 0 Å². The van der Waals surface area contributed by atoms with Crippen LogP contribution in [-0.4, -0.2) is 0 Å². The maximum Gasteiger partial charge on any atom is 0.0994 e. The third-order valence-electron chi connectivity index (χ3n) is 1.62. The van der Waals surface area contributed by atoms with Crippen LogP contribution in [0.3, 0.4) is 0 Å². The summed E-state index contributed by atoms with van der Waals surface area (Å²) in [5, 5.41) is 8.65. The molecule has 0 aliphatic heterocycles. The van der Waals surface area contributed by atoms with Gasteiger partial charge in [0.15, 0.2) is 0 Å². The monoisotopic (exact) mass is 143 g/mol. The first-order valence-electron chi connectivity index (χ1n) is 3.41. The molecule has 0 heterocycles. The predicted octanol–water partition coefficient (Wildman–Crippen LogP) is 2.51. The average molecular weight is 143 g/mol. The minimum atomic E-state index is 0.724. The molecule has 0 bridgehead atoms. The number of hydrogen-bond donors (Lipinski definition) is 0. The first kappa shape index (κ1) is 7.56. The van der Waals surface area contributed by atoms with E-state index in [1.165, 1.54) is 0 Å². The van der Waals surface area contributed by atoms with Crippen molar-refractivity contribution in [1.82, 2.24) is 0 Å². The fourth-order valence-electron chi connectivity index (χ4n) is 0.887. The van der Waals surface area contributed by atoms with E-state index >= 15 is 0 Å². The minimum absolute atomic E-state index is 0.724. The van der Waals surface area contributed by atoms with E-state index < -0.39 is 0 Å². The van der Waals surface area contributed by atoms with Crippen LogP contribution < -0.4 is 0 Å². The second-order valence-corrected chi connectivity index (χ2v) is 2.39. The molecule has 54 valence electrons. The van der Waals surface area contributed by atoms with Crippen molar-refractivity contribution in [3.8, 4) is 6.07 Å². The van der Waals surface area contributed by atoms with E-state index in [0.717, 1.165) is 16.7 Å². The summed E-state index contributed by atoms with van der Waals surface area (Å²) in [5.74, 6) is 0. The minimum Gasteiger partial charge on any atom is -0.192 e.